The highest BCUT2D eigenvalue weighted by Gasteiger charge is 2.31. The van der Waals surface area contributed by atoms with Crippen LogP contribution < -0.4 is 21.7 Å². The van der Waals surface area contributed by atoms with Gasteiger partial charge in [-0.05, 0) is 29.7 Å². The van der Waals surface area contributed by atoms with Crippen molar-refractivity contribution < 1.29 is 49.2 Å². The van der Waals surface area contributed by atoms with Crippen LogP contribution in [0.15, 0.2) is 54.6 Å². The van der Waals surface area contributed by atoms with Gasteiger partial charge in [0.15, 0.2) is 0 Å². The minimum atomic E-state index is -1.53. The van der Waals surface area contributed by atoms with E-state index in [1.54, 1.807) is 30.3 Å². The van der Waals surface area contributed by atoms with Gasteiger partial charge >= 0.3 is 17.9 Å². The summed E-state index contributed by atoms with van der Waals surface area (Å²) in [6.45, 7) is 0. The summed E-state index contributed by atoms with van der Waals surface area (Å²) in [7, 11) is 0. The van der Waals surface area contributed by atoms with E-state index in [-0.39, 0.29) is 18.6 Å². The number of carbonyl (C=O) groups is 6. The number of carboxylic acids is 3. The van der Waals surface area contributed by atoms with Gasteiger partial charge in [-0.1, -0.05) is 42.5 Å². The van der Waals surface area contributed by atoms with Crippen LogP contribution in [0.5, 0.6) is 5.75 Å². The van der Waals surface area contributed by atoms with Crippen LogP contribution >= 0.6 is 0 Å². The number of phenolic OH excluding ortho intramolecular Hbond substituents is 1. The van der Waals surface area contributed by atoms with E-state index in [4.69, 9.17) is 15.9 Å². The number of hydrogen-bond acceptors (Lipinski definition) is 8. The SMILES string of the molecule is NC(CC(=O)O)C(=O)NC(CCC(=O)O)C(=O)NC(Cc1ccc(O)cc1)C(=O)NC(Cc1ccccc1)C(=O)O. The topological polar surface area (TPSA) is 245 Å². The zero-order valence-corrected chi connectivity index (χ0v) is 21.9. The lowest BCUT2D eigenvalue weighted by Gasteiger charge is -2.25. The molecule has 2 aromatic carbocycles. The third-order valence-corrected chi connectivity index (χ3v) is 5.92. The first kappa shape index (κ1) is 32.2. The summed E-state index contributed by atoms with van der Waals surface area (Å²) in [6, 6.07) is 8.40. The van der Waals surface area contributed by atoms with Crippen molar-refractivity contribution >= 4 is 35.6 Å². The third kappa shape index (κ3) is 11.3. The van der Waals surface area contributed by atoms with E-state index >= 15 is 0 Å². The normalized spacial score (nSPS) is 13.6. The van der Waals surface area contributed by atoms with Gasteiger partial charge in [-0.25, -0.2) is 4.79 Å². The molecule has 0 aliphatic rings. The molecule has 41 heavy (non-hydrogen) atoms. The predicted molar refractivity (Wildman–Crippen MR) is 142 cm³/mol. The van der Waals surface area contributed by atoms with Crippen molar-refractivity contribution in [1.29, 1.82) is 0 Å². The molecule has 3 amide bonds. The Labute approximate surface area is 234 Å². The highest BCUT2D eigenvalue weighted by molar-refractivity contribution is 5.95. The van der Waals surface area contributed by atoms with E-state index < -0.39 is 79.1 Å². The maximum atomic E-state index is 13.3. The van der Waals surface area contributed by atoms with Crippen molar-refractivity contribution in [3.05, 3.63) is 65.7 Å². The van der Waals surface area contributed by atoms with Crippen molar-refractivity contribution in [2.75, 3.05) is 0 Å². The zero-order valence-electron chi connectivity index (χ0n) is 21.9. The molecule has 0 radical (unpaired) electrons. The lowest BCUT2D eigenvalue weighted by Crippen LogP contribution is -2.58. The molecule has 0 aliphatic carbocycles. The predicted octanol–water partition coefficient (Wildman–Crippen LogP) is -0.617. The third-order valence-electron chi connectivity index (χ3n) is 5.92. The minimum absolute atomic E-state index is 0.0539. The molecule has 220 valence electrons. The van der Waals surface area contributed by atoms with E-state index in [9.17, 15) is 39.0 Å². The van der Waals surface area contributed by atoms with Crippen LogP contribution in [-0.4, -0.2) is 80.2 Å². The van der Waals surface area contributed by atoms with Gasteiger partial charge in [-0.3, -0.25) is 24.0 Å². The summed E-state index contributed by atoms with van der Waals surface area (Å²) in [5.41, 5.74) is 6.66. The fraction of sp³-hybridized carbons (Fsp3) is 0.333. The van der Waals surface area contributed by atoms with Crippen molar-refractivity contribution in [2.45, 2.75) is 56.3 Å². The number of aliphatic carboxylic acids is 3. The molecule has 0 bridgehead atoms. The largest absolute Gasteiger partial charge is 0.508 e. The molecule has 0 saturated carbocycles. The molecule has 0 saturated heterocycles. The van der Waals surface area contributed by atoms with Crippen molar-refractivity contribution in [1.82, 2.24) is 16.0 Å². The van der Waals surface area contributed by atoms with Gasteiger partial charge in [-0.2, -0.15) is 0 Å². The Morgan fingerprint density at radius 1 is 0.659 bits per heavy atom. The Bertz CT molecular complexity index is 1240. The molecule has 0 spiro atoms. The molecular weight excluding hydrogens is 540 g/mol. The standard InChI is InChI=1S/C27H32N4O10/c28-18(14-23(35)36)24(37)29-19(10-11-22(33)34)25(38)30-20(12-16-6-8-17(32)9-7-16)26(39)31-21(27(40)41)13-15-4-2-1-3-5-15/h1-9,18-21,32H,10-14,28H2,(H,29,37)(H,30,38)(H,31,39)(H,33,34)(H,35,36)(H,40,41). The quantitative estimate of drug-likeness (QED) is 0.126. The average molecular weight is 573 g/mol. The molecular formula is C27H32N4O10. The number of hydrogen-bond donors (Lipinski definition) is 8. The molecule has 9 N–H and O–H groups in total. The number of nitrogens with two attached hydrogens (primary N) is 1. The first-order valence-electron chi connectivity index (χ1n) is 12.5. The fourth-order valence-electron chi connectivity index (χ4n) is 3.77. The van der Waals surface area contributed by atoms with Crippen molar-refractivity contribution in [3.8, 4) is 5.75 Å². The molecule has 0 fully saturated rings. The molecule has 2 rings (SSSR count). The first-order valence-corrected chi connectivity index (χ1v) is 12.5. The zero-order chi connectivity index (χ0) is 30.5. The van der Waals surface area contributed by atoms with Crippen molar-refractivity contribution in [2.24, 2.45) is 5.73 Å². The Kier molecular flexibility index (Phi) is 12.2. The van der Waals surface area contributed by atoms with Crippen LogP contribution in [-0.2, 0) is 41.6 Å². The number of carbonyl (C=O) groups excluding carboxylic acids is 3. The molecule has 0 aliphatic heterocycles. The van der Waals surface area contributed by atoms with Crippen LogP contribution in [0.2, 0.25) is 0 Å². The summed E-state index contributed by atoms with van der Waals surface area (Å²) in [5, 5.41) is 44.3. The second-order valence-electron chi connectivity index (χ2n) is 9.22. The van der Waals surface area contributed by atoms with Crippen LogP contribution in [0.1, 0.15) is 30.4 Å². The van der Waals surface area contributed by atoms with Crippen LogP contribution in [0.3, 0.4) is 0 Å². The lowest BCUT2D eigenvalue weighted by molar-refractivity contribution is -0.142. The van der Waals surface area contributed by atoms with Crippen LogP contribution in [0.25, 0.3) is 0 Å². The second-order valence-corrected chi connectivity index (χ2v) is 9.22. The summed E-state index contributed by atoms with van der Waals surface area (Å²) in [5.74, 6) is -6.90. The Hall–Kier alpha value is -4.98. The van der Waals surface area contributed by atoms with Gasteiger partial charge in [0.05, 0.1) is 12.5 Å². The summed E-state index contributed by atoms with van der Waals surface area (Å²) < 4.78 is 0. The van der Waals surface area contributed by atoms with E-state index in [2.05, 4.69) is 16.0 Å². The lowest BCUT2D eigenvalue weighted by atomic mass is 10.0. The molecule has 14 heteroatoms. The van der Waals surface area contributed by atoms with Gasteiger partial charge in [0.2, 0.25) is 17.7 Å². The second kappa shape index (κ2) is 15.6. The maximum Gasteiger partial charge on any atom is 0.326 e. The molecule has 4 atom stereocenters. The van der Waals surface area contributed by atoms with Gasteiger partial charge in [0.1, 0.15) is 23.9 Å². The summed E-state index contributed by atoms with van der Waals surface area (Å²) in [4.78, 5) is 72.8. The van der Waals surface area contributed by atoms with Gasteiger partial charge in [-0.15, -0.1) is 0 Å². The minimum Gasteiger partial charge on any atom is -0.508 e. The number of benzene rings is 2. The van der Waals surface area contributed by atoms with Gasteiger partial charge in [0, 0.05) is 19.3 Å². The van der Waals surface area contributed by atoms with E-state index in [1.165, 1.54) is 24.3 Å². The molecule has 2 aromatic rings. The van der Waals surface area contributed by atoms with Gasteiger partial charge in [0.25, 0.3) is 0 Å². The van der Waals surface area contributed by atoms with E-state index in [1.807, 2.05) is 0 Å². The number of aromatic hydroxyl groups is 1. The Morgan fingerprint density at radius 3 is 1.73 bits per heavy atom. The molecule has 4 unspecified atom stereocenters. The maximum absolute atomic E-state index is 13.3. The highest BCUT2D eigenvalue weighted by Crippen LogP contribution is 2.13. The Balaban J connectivity index is 2.28. The number of rotatable bonds is 16. The van der Waals surface area contributed by atoms with Gasteiger partial charge < -0.3 is 42.1 Å². The number of nitrogens with one attached hydrogen (secondary N) is 3. The van der Waals surface area contributed by atoms with E-state index in [0.29, 0.717) is 11.1 Å². The molecule has 0 aromatic heterocycles. The highest BCUT2D eigenvalue weighted by atomic mass is 16.4. The van der Waals surface area contributed by atoms with Crippen molar-refractivity contribution in [3.63, 3.8) is 0 Å². The molecule has 14 nitrogen and oxygen atoms in total. The number of amides is 3. The average Bonchev–Trinajstić information content (AvgIpc) is 2.91. The number of carboxylic acid groups (broad SMARTS) is 3. The Morgan fingerprint density at radius 2 is 1.17 bits per heavy atom. The number of phenols is 1. The molecule has 0 heterocycles. The van der Waals surface area contributed by atoms with Crippen LogP contribution in [0.4, 0.5) is 0 Å². The fourth-order valence-corrected chi connectivity index (χ4v) is 3.77. The summed E-state index contributed by atoms with van der Waals surface area (Å²) in [6.07, 6.45) is -1.93. The van der Waals surface area contributed by atoms with Crippen LogP contribution in [0, 0.1) is 0 Å². The first-order chi connectivity index (χ1) is 19.3. The van der Waals surface area contributed by atoms with E-state index in [0.717, 1.165) is 0 Å². The summed E-state index contributed by atoms with van der Waals surface area (Å²) >= 11 is 0. The smallest absolute Gasteiger partial charge is 0.326 e. The monoisotopic (exact) mass is 572 g/mol.